The lowest BCUT2D eigenvalue weighted by atomic mass is 9.90. The van der Waals surface area contributed by atoms with Gasteiger partial charge in [0.05, 0.1) is 35.4 Å². The normalized spacial score (nSPS) is 16.5. The van der Waals surface area contributed by atoms with Crippen LogP contribution in [0.3, 0.4) is 0 Å². The summed E-state index contributed by atoms with van der Waals surface area (Å²) < 4.78 is 40.0. The number of halogens is 2. The third kappa shape index (κ3) is 6.40. The molecule has 1 fully saturated rings. The van der Waals surface area contributed by atoms with E-state index in [9.17, 15) is 19.2 Å². The van der Waals surface area contributed by atoms with Gasteiger partial charge in [-0.15, -0.1) is 0 Å². The summed E-state index contributed by atoms with van der Waals surface area (Å²) in [4.78, 5) is 56.0. The van der Waals surface area contributed by atoms with E-state index in [0.717, 1.165) is 27.7 Å². The number of furan rings is 1. The van der Waals surface area contributed by atoms with E-state index in [4.69, 9.17) is 4.42 Å². The molecule has 3 aromatic carbocycles. The Morgan fingerprint density at radius 1 is 1.04 bits per heavy atom. The number of imide groups is 1. The number of amides is 3. The molecule has 0 saturated carbocycles. The molecular formula is C43H38F2N6O5. The second-order valence-electron chi connectivity index (χ2n) is 14.6. The average Bonchev–Trinajstić information content (AvgIpc) is 3.69. The summed E-state index contributed by atoms with van der Waals surface area (Å²) in [6.07, 6.45) is 3.30. The van der Waals surface area contributed by atoms with Crippen molar-refractivity contribution in [1.82, 2.24) is 24.8 Å². The number of anilines is 2. The summed E-state index contributed by atoms with van der Waals surface area (Å²) in [5, 5.41) is 5.84. The van der Waals surface area contributed by atoms with Crippen molar-refractivity contribution in [3.05, 3.63) is 112 Å². The molecule has 56 heavy (non-hydrogen) atoms. The topological polar surface area (TPSA) is 131 Å². The third-order valence-electron chi connectivity index (χ3n) is 10.8. The van der Waals surface area contributed by atoms with E-state index in [0.29, 0.717) is 39.9 Å². The summed E-state index contributed by atoms with van der Waals surface area (Å²) in [7, 11) is 3.46. The minimum absolute atomic E-state index is 0.0360. The minimum Gasteiger partial charge on any atom is -0.464 e. The number of carbonyl (C=O) groups is 3. The van der Waals surface area contributed by atoms with Crippen molar-refractivity contribution in [3.8, 4) is 23.0 Å². The lowest BCUT2D eigenvalue weighted by Gasteiger charge is -2.36. The molecule has 3 aromatic heterocycles. The van der Waals surface area contributed by atoms with Crippen molar-refractivity contribution in [2.75, 3.05) is 18.0 Å². The summed E-state index contributed by atoms with van der Waals surface area (Å²) >= 11 is 0. The van der Waals surface area contributed by atoms with Gasteiger partial charge in [0.1, 0.15) is 11.3 Å². The first-order valence-corrected chi connectivity index (χ1v) is 18.4. The molecular weight excluding hydrogens is 719 g/mol. The van der Waals surface area contributed by atoms with Crippen LogP contribution in [-0.2, 0) is 29.6 Å². The number of benzene rings is 3. The molecule has 3 amide bonds. The lowest BCUT2D eigenvalue weighted by Crippen LogP contribution is -2.39. The quantitative estimate of drug-likeness (QED) is 0.142. The number of aryl methyl sites for hydroxylation is 2. The van der Waals surface area contributed by atoms with Crippen molar-refractivity contribution in [1.29, 1.82) is 0 Å². The van der Waals surface area contributed by atoms with Gasteiger partial charge in [-0.25, -0.2) is 13.6 Å². The number of pyridine rings is 1. The molecule has 1 atom stereocenters. The van der Waals surface area contributed by atoms with Gasteiger partial charge in [-0.1, -0.05) is 37.8 Å². The van der Waals surface area contributed by atoms with Crippen LogP contribution in [0.2, 0.25) is 0 Å². The highest BCUT2D eigenvalue weighted by Crippen LogP contribution is 2.47. The summed E-state index contributed by atoms with van der Waals surface area (Å²) in [5.74, 6) is 1.39. The van der Waals surface area contributed by atoms with E-state index in [-0.39, 0.29) is 60.6 Å². The maximum absolute atomic E-state index is 15.6. The Hall–Kier alpha value is -6.55. The largest absolute Gasteiger partial charge is 0.464 e. The molecule has 2 N–H and O–H groups in total. The van der Waals surface area contributed by atoms with Gasteiger partial charge in [0.2, 0.25) is 11.8 Å². The highest BCUT2D eigenvalue weighted by Gasteiger charge is 2.40. The van der Waals surface area contributed by atoms with Gasteiger partial charge < -0.3 is 14.6 Å². The van der Waals surface area contributed by atoms with Crippen LogP contribution in [0, 0.1) is 11.8 Å². The van der Waals surface area contributed by atoms with Crippen LogP contribution in [0.25, 0.3) is 33.1 Å². The zero-order chi connectivity index (χ0) is 39.5. The molecule has 8 rings (SSSR count). The second-order valence-corrected chi connectivity index (χ2v) is 14.6. The highest BCUT2D eigenvalue weighted by atomic mass is 19.3. The molecule has 13 heteroatoms. The summed E-state index contributed by atoms with van der Waals surface area (Å²) in [5.41, 5.74) is 6.63. The van der Waals surface area contributed by atoms with E-state index < -0.39 is 17.7 Å². The van der Waals surface area contributed by atoms with Gasteiger partial charge >= 0.3 is 5.69 Å². The maximum Gasteiger partial charge on any atom is 0.328 e. The van der Waals surface area contributed by atoms with E-state index >= 15 is 8.78 Å². The van der Waals surface area contributed by atoms with Crippen LogP contribution in [0.1, 0.15) is 77.7 Å². The third-order valence-corrected chi connectivity index (χ3v) is 10.8. The van der Waals surface area contributed by atoms with E-state index in [1.165, 1.54) is 24.6 Å². The first-order valence-electron chi connectivity index (χ1n) is 18.4. The number of aromatic nitrogens is 3. The van der Waals surface area contributed by atoms with Crippen LogP contribution in [-0.4, -0.2) is 44.9 Å². The van der Waals surface area contributed by atoms with Gasteiger partial charge in [0.25, 0.3) is 11.8 Å². The Morgan fingerprint density at radius 2 is 1.84 bits per heavy atom. The van der Waals surface area contributed by atoms with Crippen LogP contribution >= 0.6 is 0 Å². The number of nitrogens with one attached hydrogen (secondary N) is 2. The molecule has 6 aromatic rings. The zero-order valence-corrected chi connectivity index (χ0v) is 31.2. The van der Waals surface area contributed by atoms with Gasteiger partial charge in [-0.2, -0.15) is 0 Å². The average molecular weight is 757 g/mol. The van der Waals surface area contributed by atoms with E-state index in [2.05, 4.69) is 27.5 Å². The summed E-state index contributed by atoms with van der Waals surface area (Å²) in [6, 6.07) is 17.4. The Kier molecular flexibility index (Phi) is 9.07. The van der Waals surface area contributed by atoms with E-state index in [1.807, 2.05) is 36.9 Å². The Balaban J connectivity index is 0.976. The smallest absolute Gasteiger partial charge is 0.328 e. The van der Waals surface area contributed by atoms with Crippen LogP contribution in [0.5, 0.6) is 0 Å². The van der Waals surface area contributed by atoms with Crippen LogP contribution in [0.4, 0.5) is 20.2 Å². The number of hydrogen-bond donors (Lipinski definition) is 2. The number of piperidine rings is 1. The fraction of sp³-hybridized carbons (Fsp3) is 0.279. The maximum atomic E-state index is 15.6. The lowest BCUT2D eigenvalue weighted by molar-refractivity contribution is -0.134. The molecule has 11 nitrogen and oxygen atoms in total. The Morgan fingerprint density at radius 3 is 2.59 bits per heavy atom. The standard InChI is InChI=1S/C43H38F2N6O5/c1-24(2)30-20-28(21-36-39(30)50(4)42(55)49(36)3)51-17-15-43(44,45)33-19-26(9-12-35(33)51)27-8-11-34(47-22-27)41(54)46-16-5-6-25-7-13-37-31(18-25)32(23-56-37)29-10-14-38(52)48-40(29)53/h7-9,11-13,18-24,29H,10,14-17H2,1-4H3,(H,46,54)(H,48,52,53). The molecule has 5 heterocycles. The number of hydrogen-bond acceptors (Lipinski definition) is 7. The number of imidazole rings is 1. The fourth-order valence-electron chi connectivity index (χ4n) is 7.73. The van der Waals surface area contributed by atoms with Crippen molar-refractivity contribution < 1.29 is 27.6 Å². The van der Waals surface area contributed by atoms with Crippen LogP contribution < -0.4 is 21.2 Å². The number of rotatable bonds is 6. The number of carbonyl (C=O) groups excluding carboxylic acids is 3. The highest BCUT2D eigenvalue weighted by molar-refractivity contribution is 6.03. The van der Waals surface area contributed by atoms with Gasteiger partial charge in [0.15, 0.2) is 0 Å². The molecule has 1 saturated heterocycles. The second kappa shape index (κ2) is 13.9. The number of alkyl halides is 2. The Labute approximate surface area is 320 Å². The van der Waals surface area contributed by atoms with Crippen molar-refractivity contribution in [2.45, 2.75) is 50.9 Å². The van der Waals surface area contributed by atoms with E-state index in [1.54, 1.807) is 53.6 Å². The van der Waals surface area contributed by atoms with Crippen molar-refractivity contribution in [3.63, 3.8) is 0 Å². The fourth-order valence-corrected chi connectivity index (χ4v) is 7.73. The Bertz CT molecular complexity index is 2710. The SMILES string of the molecule is CC(C)c1cc(N2CCC(F)(F)c3cc(-c4ccc(C(=O)NCC#Cc5ccc6occ(C7CCC(=O)NC7=O)c6c5)nc4)ccc32)cc2c1n(C)c(=O)n2C. The molecule has 2 aliphatic heterocycles. The number of nitrogens with zero attached hydrogens (tertiary/aromatic N) is 4. The first-order chi connectivity index (χ1) is 26.8. The molecule has 284 valence electrons. The molecule has 2 aliphatic rings. The summed E-state index contributed by atoms with van der Waals surface area (Å²) in [6.45, 7) is 4.23. The van der Waals surface area contributed by atoms with Gasteiger partial charge in [-0.05, 0) is 72.0 Å². The molecule has 0 spiro atoms. The number of fused-ring (bicyclic) bond motifs is 3. The first kappa shape index (κ1) is 36.4. The van der Waals surface area contributed by atoms with Gasteiger partial charge in [0, 0.05) is 73.0 Å². The van der Waals surface area contributed by atoms with Gasteiger partial charge in [-0.3, -0.25) is 33.8 Å². The molecule has 1 unspecified atom stereocenters. The minimum atomic E-state index is -3.07. The predicted octanol–water partition coefficient (Wildman–Crippen LogP) is 6.74. The molecule has 0 bridgehead atoms. The molecule has 0 radical (unpaired) electrons. The van der Waals surface area contributed by atoms with Crippen LogP contribution in [0.15, 0.2) is 82.3 Å². The monoisotopic (exact) mass is 756 g/mol. The van der Waals surface area contributed by atoms with Crippen molar-refractivity contribution >= 4 is 51.1 Å². The van der Waals surface area contributed by atoms with Crippen molar-refractivity contribution in [2.24, 2.45) is 14.1 Å². The zero-order valence-electron chi connectivity index (χ0n) is 31.2. The predicted molar refractivity (Wildman–Crippen MR) is 208 cm³/mol. The molecule has 0 aliphatic carbocycles.